The summed E-state index contributed by atoms with van der Waals surface area (Å²) in [6.07, 6.45) is -0.918. The van der Waals surface area contributed by atoms with Gasteiger partial charge in [-0.1, -0.05) is 11.6 Å². The van der Waals surface area contributed by atoms with Crippen molar-refractivity contribution in [2.24, 2.45) is 0 Å². The maximum atomic E-state index is 13.6. The van der Waals surface area contributed by atoms with E-state index < -0.39 is 36.5 Å². The van der Waals surface area contributed by atoms with Crippen molar-refractivity contribution in [3.63, 3.8) is 0 Å². The Bertz CT molecular complexity index is 548. The van der Waals surface area contributed by atoms with E-state index in [4.69, 9.17) is 16.3 Å². The molecule has 23 heavy (non-hydrogen) atoms. The van der Waals surface area contributed by atoms with E-state index in [1.54, 1.807) is 20.8 Å². The van der Waals surface area contributed by atoms with Crippen LogP contribution in [0, 0.1) is 5.82 Å². The number of alkyl carbamates (subject to hydrolysis) is 1. The average Bonchev–Trinajstić information content (AvgIpc) is 2.39. The number of halogens is 4. The zero-order chi connectivity index (χ0) is 17.7. The molecule has 0 aliphatic rings. The highest BCUT2D eigenvalue weighted by Gasteiger charge is 2.30. The Balaban J connectivity index is 2.40. The number of rotatable bonds is 6. The normalized spacial score (nSPS) is 12.1. The third-order valence-electron chi connectivity index (χ3n) is 2.60. The topological polar surface area (TPSA) is 50.4 Å². The van der Waals surface area contributed by atoms with Crippen LogP contribution < -0.4 is 10.6 Å². The molecule has 2 N–H and O–H groups in total. The number of amides is 1. The second kappa shape index (κ2) is 7.88. The highest BCUT2D eigenvalue weighted by molar-refractivity contribution is 6.30. The minimum atomic E-state index is -3.20. The van der Waals surface area contributed by atoms with E-state index in [9.17, 15) is 18.0 Å². The molecule has 0 fully saturated rings. The van der Waals surface area contributed by atoms with Crippen LogP contribution in [0.25, 0.3) is 0 Å². The Morgan fingerprint density at radius 3 is 2.52 bits per heavy atom. The molecule has 130 valence electrons. The van der Waals surface area contributed by atoms with E-state index >= 15 is 0 Å². The van der Waals surface area contributed by atoms with Crippen LogP contribution in [-0.2, 0) is 11.3 Å². The highest BCUT2D eigenvalue weighted by Crippen LogP contribution is 2.16. The molecule has 0 atom stereocenters. The van der Waals surface area contributed by atoms with Crippen LogP contribution in [0.5, 0.6) is 0 Å². The summed E-state index contributed by atoms with van der Waals surface area (Å²) in [5.74, 6) is -3.73. The van der Waals surface area contributed by atoms with Gasteiger partial charge in [-0.3, -0.25) is 0 Å². The largest absolute Gasteiger partial charge is 0.444 e. The molecule has 8 heteroatoms. The van der Waals surface area contributed by atoms with Crippen LogP contribution in [0.4, 0.5) is 18.0 Å². The lowest BCUT2D eigenvalue weighted by atomic mass is 10.2. The Hall–Kier alpha value is -1.47. The molecule has 1 aromatic carbocycles. The first kappa shape index (κ1) is 19.6. The van der Waals surface area contributed by atoms with Crippen molar-refractivity contribution in [2.75, 3.05) is 13.1 Å². The fourth-order valence-electron chi connectivity index (χ4n) is 1.64. The maximum Gasteiger partial charge on any atom is 0.407 e. The lowest BCUT2D eigenvalue weighted by molar-refractivity contribution is -0.00380. The molecule has 1 aromatic rings. The van der Waals surface area contributed by atoms with Crippen molar-refractivity contribution < 1.29 is 22.7 Å². The van der Waals surface area contributed by atoms with Crippen molar-refractivity contribution in [3.8, 4) is 0 Å². The molecule has 0 aliphatic carbocycles. The molecule has 0 unspecified atom stereocenters. The fourth-order valence-corrected chi connectivity index (χ4v) is 1.83. The lowest BCUT2D eigenvalue weighted by Crippen LogP contribution is -2.44. The summed E-state index contributed by atoms with van der Waals surface area (Å²) < 4.78 is 45.6. The van der Waals surface area contributed by atoms with E-state index in [0.717, 1.165) is 0 Å². The second-order valence-electron chi connectivity index (χ2n) is 6.05. The predicted molar refractivity (Wildman–Crippen MR) is 82.3 cm³/mol. The third kappa shape index (κ3) is 8.08. The monoisotopic (exact) mass is 352 g/mol. The number of alkyl halides is 2. The maximum absolute atomic E-state index is 13.6. The van der Waals surface area contributed by atoms with Crippen molar-refractivity contribution >= 4 is 17.7 Å². The number of nitrogens with one attached hydrogen (secondary N) is 2. The summed E-state index contributed by atoms with van der Waals surface area (Å²) in [7, 11) is 0. The van der Waals surface area contributed by atoms with E-state index in [0.29, 0.717) is 5.02 Å². The van der Waals surface area contributed by atoms with Gasteiger partial charge in [-0.15, -0.1) is 0 Å². The first-order valence-electron chi connectivity index (χ1n) is 6.98. The predicted octanol–water partition coefficient (Wildman–Crippen LogP) is 3.73. The number of ether oxygens (including phenoxy) is 1. The highest BCUT2D eigenvalue weighted by atomic mass is 35.5. The number of carbonyl (C=O) groups excluding carboxylic acids is 1. The molecule has 0 spiro atoms. The summed E-state index contributed by atoms with van der Waals surface area (Å²) in [5, 5.41) is 4.76. The van der Waals surface area contributed by atoms with Crippen LogP contribution in [0.15, 0.2) is 18.2 Å². The van der Waals surface area contributed by atoms with Gasteiger partial charge in [-0.25, -0.2) is 18.0 Å². The fraction of sp³-hybridized carbons (Fsp3) is 0.533. The van der Waals surface area contributed by atoms with Gasteiger partial charge in [0, 0.05) is 17.1 Å². The van der Waals surface area contributed by atoms with Crippen LogP contribution in [-0.4, -0.2) is 30.7 Å². The first-order chi connectivity index (χ1) is 10.5. The van der Waals surface area contributed by atoms with Crippen molar-refractivity contribution in [2.45, 2.75) is 38.8 Å². The van der Waals surface area contributed by atoms with Gasteiger partial charge < -0.3 is 15.4 Å². The Kier molecular flexibility index (Phi) is 6.70. The van der Waals surface area contributed by atoms with Crippen LogP contribution in [0.3, 0.4) is 0 Å². The van der Waals surface area contributed by atoms with Gasteiger partial charge in [0.2, 0.25) is 0 Å². The SMILES string of the molecule is CC(C)(C)OC(=O)NCC(F)(F)CNCc1cc(Cl)ccc1F. The molecule has 0 bridgehead atoms. The molecule has 0 saturated carbocycles. The summed E-state index contributed by atoms with van der Waals surface area (Å²) in [5.41, 5.74) is -0.574. The Morgan fingerprint density at radius 2 is 1.91 bits per heavy atom. The van der Waals surface area contributed by atoms with E-state index in [1.807, 2.05) is 5.32 Å². The van der Waals surface area contributed by atoms with Gasteiger partial charge in [-0.05, 0) is 39.0 Å². The third-order valence-corrected chi connectivity index (χ3v) is 2.83. The minimum Gasteiger partial charge on any atom is -0.444 e. The standard InChI is InChI=1S/C15H20ClF3N2O2/c1-14(2,3)23-13(22)21-9-15(18,19)8-20-7-10-6-11(16)4-5-12(10)17/h4-6,20H,7-9H2,1-3H3,(H,21,22). The number of hydrogen-bond acceptors (Lipinski definition) is 3. The van der Waals surface area contributed by atoms with Gasteiger partial charge in [0.1, 0.15) is 11.4 Å². The van der Waals surface area contributed by atoms with Crippen molar-refractivity contribution in [1.29, 1.82) is 0 Å². The number of carbonyl (C=O) groups is 1. The average molecular weight is 353 g/mol. The Morgan fingerprint density at radius 1 is 1.26 bits per heavy atom. The summed E-state index contributed by atoms with van der Waals surface area (Å²) in [6, 6.07) is 3.91. The molecule has 0 saturated heterocycles. The van der Waals surface area contributed by atoms with Crippen LogP contribution in [0.1, 0.15) is 26.3 Å². The molecule has 0 heterocycles. The van der Waals surface area contributed by atoms with E-state index in [2.05, 4.69) is 5.32 Å². The quantitative estimate of drug-likeness (QED) is 0.820. The summed E-state index contributed by atoms with van der Waals surface area (Å²) >= 11 is 5.72. The second-order valence-corrected chi connectivity index (χ2v) is 6.49. The summed E-state index contributed by atoms with van der Waals surface area (Å²) in [4.78, 5) is 11.3. The van der Waals surface area contributed by atoms with E-state index in [-0.39, 0.29) is 12.1 Å². The van der Waals surface area contributed by atoms with Crippen molar-refractivity contribution in [1.82, 2.24) is 10.6 Å². The zero-order valence-electron chi connectivity index (χ0n) is 13.2. The molecule has 1 amide bonds. The number of benzene rings is 1. The minimum absolute atomic E-state index is 0.103. The summed E-state index contributed by atoms with van der Waals surface area (Å²) in [6.45, 7) is 3.18. The van der Waals surface area contributed by atoms with Gasteiger partial charge in [0.25, 0.3) is 5.92 Å². The zero-order valence-corrected chi connectivity index (χ0v) is 13.9. The van der Waals surface area contributed by atoms with Crippen LogP contribution in [0.2, 0.25) is 5.02 Å². The first-order valence-corrected chi connectivity index (χ1v) is 7.36. The van der Waals surface area contributed by atoms with Crippen molar-refractivity contribution in [3.05, 3.63) is 34.6 Å². The molecule has 0 aliphatic heterocycles. The van der Waals surface area contributed by atoms with Gasteiger partial charge >= 0.3 is 6.09 Å². The molecular formula is C15H20ClF3N2O2. The van der Waals surface area contributed by atoms with E-state index in [1.165, 1.54) is 18.2 Å². The molecule has 1 rings (SSSR count). The van der Waals surface area contributed by atoms with Gasteiger partial charge in [-0.2, -0.15) is 0 Å². The smallest absolute Gasteiger partial charge is 0.407 e. The number of hydrogen-bond donors (Lipinski definition) is 2. The van der Waals surface area contributed by atoms with Gasteiger partial charge in [0.15, 0.2) is 0 Å². The molecular weight excluding hydrogens is 333 g/mol. The van der Waals surface area contributed by atoms with Crippen LogP contribution >= 0.6 is 11.6 Å². The Labute approximate surface area is 138 Å². The van der Waals surface area contributed by atoms with Gasteiger partial charge in [0.05, 0.1) is 13.1 Å². The molecule has 0 aromatic heterocycles. The lowest BCUT2D eigenvalue weighted by Gasteiger charge is -2.22. The molecule has 0 radical (unpaired) electrons. The molecule has 4 nitrogen and oxygen atoms in total.